The van der Waals surface area contributed by atoms with Crippen LogP contribution in [0, 0.1) is 6.92 Å². The summed E-state index contributed by atoms with van der Waals surface area (Å²) in [5, 5.41) is 14.5. The highest BCUT2D eigenvalue weighted by atomic mass is 16.1. The topological polar surface area (TPSA) is 90.0 Å². The number of benzene rings is 1. The third-order valence-electron chi connectivity index (χ3n) is 3.92. The molecule has 0 aliphatic carbocycles. The van der Waals surface area contributed by atoms with Gasteiger partial charge in [-0.1, -0.05) is 12.1 Å². The molecule has 1 N–H and O–H groups in total. The highest BCUT2D eigenvalue weighted by Crippen LogP contribution is 2.19. The van der Waals surface area contributed by atoms with Crippen LogP contribution in [0.5, 0.6) is 0 Å². The molecule has 0 saturated heterocycles. The lowest BCUT2D eigenvalue weighted by molar-refractivity contribution is 0.789. The number of aryl methyl sites for hydroxylation is 1. The van der Waals surface area contributed by atoms with E-state index in [4.69, 9.17) is 0 Å². The van der Waals surface area contributed by atoms with Crippen molar-refractivity contribution in [2.75, 3.05) is 5.32 Å². The Bertz CT molecular complexity index is 1090. The number of hydrogen-bond donors (Lipinski definition) is 1. The number of aromatic nitrogens is 6. The van der Waals surface area contributed by atoms with Crippen LogP contribution in [-0.4, -0.2) is 29.6 Å². The van der Waals surface area contributed by atoms with E-state index >= 15 is 0 Å². The maximum Gasteiger partial charge on any atom is 0.258 e. The summed E-state index contributed by atoms with van der Waals surface area (Å²) in [5.74, 6) is 0. The monoisotopic (exact) mass is 333 g/mol. The Hall–Kier alpha value is -3.55. The van der Waals surface area contributed by atoms with Crippen molar-refractivity contribution >= 4 is 11.3 Å². The van der Waals surface area contributed by atoms with E-state index in [1.54, 1.807) is 23.3 Å². The molecule has 4 rings (SSSR count). The van der Waals surface area contributed by atoms with Gasteiger partial charge in [0.25, 0.3) is 5.56 Å². The van der Waals surface area contributed by atoms with Crippen LogP contribution in [0.25, 0.3) is 11.3 Å². The Kier molecular flexibility index (Phi) is 3.70. The molecule has 8 heteroatoms. The van der Waals surface area contributed by atoms with Gasteiger partial charge in [0.1, 0.15) is 12.0 Å². The minimum Gasteiger partial charge on any atom is -0.379 e. The zero-order valence-corrected chi connectivity index (χ0v) is 13.5. The van der Waals surface area contributed by atoms with Crippen LogP contribution in [0.2, 0.25) is 0 Å². The van der Waals surface area contributed by atoms with E-state index < -0.39 is 0 Å². The molecule has 0 atom stereocenters. The summed E-state index contributed by atoms with van der Waals surface area (Å²) in [6.07, 6.45) is 3.25. The minimum atomic E-state index is -0.0958. The standard InChI is InChI=1S/C17H15N7O/c1-12-5-6-14(24-11-19-21-22-24)9-15(12)18-10-13-8-17(25)23-7-3-2-4-16(23)20-13/h2-9,11,18H,10H2,1H3. The fraction of sp³-hybridized carbons (Fsp3) is 0.118. The third kappa shape index (κ3) is 2.97. The molecular formula is C17H15N7O. The zero-order valence-electron chi connectivity index (χ0n) is 13.5. The van der Waals surface area contributed by atoms with Crippen LogP contribution >= 0.6 is 0 Å². The van der Waals surface area contributed by atoms with Gasteiger partial charge in [-0.05, 0) is 47.2 Å². The molecule has 3 aromatic heterocycles. The van der Waals surface area contributed by atoms with Gasteiger partial charge < -0.3 is 5.32 Å². The summed E-state index contributed by atoms with van der Waals surface area (Å²) >= 11 is 0. The molecule has 1 aromatic carbocycles. The first kappa shape index (κ1) is 15.0. The van der Waals surface area contributed by atoms with Gasteiger partial charge in [0, 0.05) is 18.0 Å². The molecule has 4 aromatic rings. The van der Waals surface area contributed by atoms with Crippen molar-refractivity contribution in [2.24, 2.45) is 0 Å². The predicted molar refractivity (Wildman–Crippen MR) is 92.7 cm³/mol. The first-order valence-corrected chi connectivity index (χ1v) is 7.76. The van der Waals surface area contributed by atoms with E-state index in [9.17, 15) is 4.79 Å². The molecular weight excluding hydrogens is 318 g/mol. The summed E-state index contributed by atoms with van der Waals surface area (Å²) in [5.41, 5.74) is 4.08. The number of anilines is 1. The molecule has 0 aliphatic heterocycles. The van der Waals surface area contributed by atoms with E-state index in [1.807, 2.05) is 43.3 Å². The first-order chi connectivity index (χ1) is 12.2. The Morgan fingerprint density at radius 1 is 1.16 bits per heavy atom. The van der Waals surface area contributed by atoms with Gasteiger partial charge in [0.15, 0.2) is 0 Å². The average molecular weight is 333 g/mol. The smallest absolute Gasteiger partial charge is 0.258 e. The summed E-state index contributed by atoms with van der Waals surface area (Å²) in [6, 6.07) is 12.9. The highest BCUT2D eigenvalue weighted by molar-refractivity contribution is 5.56. The molecule has 0 amide bonds. The molecule has 25 heavy (non-hydrogen) atoms. The van der Waals surface area contributed by atoms with Gasteiger partial charge in [-0.2, -0.15) is 0 Å². The number of hydrogen-bond acceptors (Lipinski definition) is 6. The molecule has 0 radical (unpaired) electrons. The fourth-order valence-electron chi connectivity index (χ4n) is 2.60. The van der Waals surface area contributed by atoms with Crippen molar-refractivity contribution in [3.05, 3.63) is 76.6 Å². The average Bonchev–Trinajstić information content (AvgIpc) is 3.16. The lowest BCUT2D eigenvalue weighted by Gasteiger charge is -2.11. The first-order valence-electron chi connectivity index (χ1n) is 7.76. The molecule has 8 nitrogen and oxygen atoms in total. The van der Waals surface area contributed by atoms with Crippen LogP contribution in [0.1, 0.15) is 11.3 Å². The Morgan fingerprint density at radius 3 is 2.92 bits per heavy atom. The molecule has 0 spiro atoms. The molecule has 0 aliphatic rings. The summed E-state index contributed by atoms with van der Waals surface area (Å²) in [6.45, 7) is 2.45. The molecule has 124 valence electrons. The second-order valence-corrected chi connectivity index (χ2v) is 5.62. The summed E-state index contributed by atoms with van der Waals surface area (Å²) in [4.78, 5) is 16.7. The molecule has 3 heterocycles. The second-order valence-electron chi connectivity index (χ2n) is 5.62. The van der Waals surface area contributed by atoms with Crippen molar-refractivity contribution in [1.82, 2.24) is 29.6 Å². The van der Waals surface area contributed by atoms with E-state index in [-0.39, 0.29) is 5.56 Å². The lowest BCUT2D eigenvalue weighted by Crippen LogP contribution is -2.16. The van der Waals surface area contributed by atoms with Crippen molar-refractivity contribution < 1.29 is 0 Å². The minimum absolute atomic E-state index is 0.0958. The van der Waals surface area contributed by atoms with Gasteiger partial charge in [0.2, 0.25) is 0 Å². The van der Waals surface area contributed by atoms with Gasteiger partial charge >= 0.3 is 0 Å². The van der Waals surface area contributed by atoms with Crippen LogP contribution < -0.4 is 10.9 Å². The molecule has 0 fully saturated rings. The van der Waals surface area contributed by atoms with Crippen molar-refractivity contribution in [1.29, 1.82) is 0 Å². The van der Waals surface area contributed by atoms with Crippen LogP contribution in [0.4, 0.5) is 5.69 Å². The van der Waals surface area contributed by atoms with Crippen molar-refractivity contribution in [3.8, 4) is 5.69 Å². The quantitative estimate of drug-likeness (QED) is 0.610. The number of pyridine rings is 1. The van der Waals surface area contributed by atoms with Gasteiger partial charge in [-0.15, -0.1) is 5.10 Å². The number of rotatable bonds is 4. The Labute approximate surface area is 142 Å². The molecule has 0 saturated carbocycles. The maximum absolute atomic E-state index is 12.2. The Morgan fingerprint density at radius 2 is 2.08 bits per heavy atom. The predicted octanol–water partition coefficient (Wildman–Crippen LogP) is 1.59. The van der Waals surface area contributed by atoms with Gasteiger partial charge in [-0.25, -0.2) is 9.67 Å². The van der Waals surface area contributed by atoms with Gasteiger partial charge in [0.05, 0.1) is 17.9 Å². The van der Waals surface area contributed by atoms with E-state index in [0.717, 1.165) is 16.9 Å². The van der Waals surface area contributed by atoms with Crippen LogP contribution in [0.15, 0.2) is 59.8 Å². The van der Waals surface area contributed by atoms with Crippen LogP contribution in [0.3, 0.4) is 0 Å². The van der Waals surface area contributed by atoms with Crippen molar-refractivity contribution in [3.63, 3.8) is 0 Å². The largest absolute Gasteiger partial charge is 0.379 e. The normalized spacial score (nSPS) is 10.9. The summed E-state index contributed by atoms with van der Waals surface area (Å²) in [7, 11) is 0. The van der Waals surface area contributed by atoms with E-state index in [1.165, 1.54) is 4.40 Å². The van der Waals surface area contributed by atoms with E-state index in [2.05, 4.69) is 25.8 Å². The third-order valence-corrected chi connectivity index (χ3v) is 3.92. The lowest BCUT2D eigenvalue weighted by atomic mass is 10.1. The second kappa shape index (κ2) is 6.16. The maximum atomic E-state index is 12.2. The number of nitrogens with zero attached hydrogens (tertiary/aromatic N) is 6. The number of tetrazole rings is 1. The van der Waals surface area contributed by atoms with E-state index in [0.29, 0.717) is 17.9 Å². The van der Waals surface area contributed by atoms with Crippen molar-refractivity contribution in [2.45, 2.75) is 13.5 Å². The molecule has 0 unspecified atom stereocenters. The number of nitrogens with one attached hydrogen (secondary N) is 1. The highest BCUT2D eigenvalue weighted by Gasteiger charge is 2.06. The SMILES string of the molecule is Cc1ccc(-n2cnnn2)cc1NCc1cc(=O)n2ccccc2n1. The zero-order chi connectivity index (χ0) is 17.2. The number of fused-ring (bicyclic) bond motifs is 1. The Balaban J connectivity index is 1.61. The van der Waals surface area contributed by atoms with Crippen LogP contribution in [-0.2, 0) is 6.54 Å². The summed E-state index contributed by atoms with van der Waals surface area (Å²) < 4.78 is 3.11. The molecule has 0 bridgehead atoms. The van der Waals surface area contributed by atoms with Gasteiger partial charge in [-0.3, -0.25) is 9.20 Å². The fourth-order valence-corrected chi connectivity index (χ4v) is 2.60.